The molecule has 0 aromatic carbocycles. The number of carboxylic acid groups (broad SMARTS) is 1. The van der Waals surface area contributed by atoms with Crippen molar-refractivity contribution in [2.75, 3.05) is 6.61 Å². The average Bonchev–Trinajstić information content (AvgIpc) is 2.73. The normalized spacial score (nSPS) is 30.2. The summed E-state index contributed by atoms with van der Waals surface area (Å²) in [5.74, 6) is 2.00. The molecule has 1 aromatic heterocycles. The van der Waals surface area contributed by atoms with Gasteiger partial charge in [-0.25, -0.2) is 4.79 Å². The molecule has 2 aliphatic rings. The van der Waals surface area contributed by atoms with E-state index in [-0.39, 0.29) is 13.2 Å². The molecule has 0 radical (unpaired) electrons. The van der Waals surface area contributed by atoms with E-state index >= 15 is 0 Å². The molecule has 2 atom stereocenters. The summed E-state index contributed by atoms with van der Waals surface area (Å²) >= 11 is 0. The van der Waals surface area contributed by atoms with Crippen molar-refractivity contribution in [3.05, 3.63) is 11.8 Å². The Morgan fingerprint density at radius 2 is 2.18 bits per heavy atom. The number of carbonyl (C=O) groups is 1. The monoisotopic (exact) mass is 238 g/mol. The highest BCUT2D eigenvalue weighted by Gasteiger charge is 2.56. The molecule has 2 aliphatic carbocycles. The predicted molar refractivity (Wildman–Crippen MR) is 55.2 cm³/mol. The van der Waals surface area contributed by atoms with E-state index in [0.29, 0.717) is 17.7 Å². The minimum absolute atomic E-state index is 0.0708. The highest BCUT2D eigenvalue weighted by atomic mass is 16.5. The Morgan fingerprint density at radius 3 is 2.88 bits per heavy atom. The Hall–Kier alpha value is -1.43. The predicted octanol–water partition coefficient (Wildman–Crippen LogP) is 1.18. The van der Waals surface area contributed by atoms with Gasteiger partial charge in [0.05, 0.1) is 0 Å². The van der Waals surface area contributed by atoms with Crippen LogP contribution in [-0.2, 0) is 16.1 Å². The van der Waals surface area contributed by atoms with Crippen molar-refractivity contribution in [2.24, 2.45) is 11.8 Å². The molecule has 1 aromatic rings. The number of hydrogen-bond acceptors (Lipinski definition) is 5. The van der Waals surface area contributed by atoms with Crippen LogP contribution in [0, 0.1) is 11.8 Å². The third kappa shape index (κ3) is 2.04. The van der Waals surface area contributed by atoms with Crippen molar-refractivity contribution < 1.29 is 19.1 Å². The molecule has 6 nitrogen and oxygen atoms in total. The molecule has 6 heteroatoms. The lowest BCUT2D eigenvalue weighted by atomic mass is 10.1. The molecule has 0 bridgehead atoms. The number of aliphatic carboxylic acids is 1. The van der Waals surface area contributed by atoms with Crippen LogP contribution in [0.1, 0.15) is 37.0 Å². The van der Waals surface area contributed by atoms with Gasteiger partial charge < -0.3 is 14.3 Å². The SMILES string of the molecule is O=C(O)COCc1nnc(C2C3CCCC32)o1. The van der Waals surface area contributed by atoms with E-state index in [1.807, 2.05) is 0 Å². The van der Waals surface area contributed by atoms with E-state index in [9.17, 15) is 4.79 Å². The minimum Gasteiger partial charge on any atom is -0.480 e. The molecule has 2 fully saturated rings. The number of nitrogens with zero attached hydrogens (tertiary/aromatic N) is 2. The third-order valence-electron chi connectivity index (χ3n) is 3.63. The lowest BCUT2D eigenvalue weighted by Crippen LogP contribution is -2.06. The lowest BCUT2D eigenvalue weighted by molar-refractivity contribution is -0.142. The number of carboxylic acids is 1. The molecule has 1 heterocycles. The molecule has 2 unspecified atom stereocenters. The average molecular weight is 238 g/mol. The smallest absolute Gasteiger partial charge is 0.329 e. The first-order valence-electron chi connectivity index (χ1n) is 5.87. The second kappa shape index (κ2) is 4.10. The fraction of sp³-hybridized carbons (Fsp3) is 0.727. The summed E-state index contributed by atoms with van der Waals surface area (Å²) in [7, 11) is 0. The van der Waals surface area contributed by atoms with Gasteiger partial charge in [0.1, 0.15) is 13.2 Å². The van der Waals surface area contributed by atoms with E-state index in [1.54, 1.807) is 0 Å². The van der Waals surface area contributed by atoms with Crippen LogP contribution < -0.4 is 0 Å². The molecule has 2 saturated carbocycles. The van der Waals surface area contributed by atoms with Gasteiger partial charge >= 0.3 is 5.97 Å². The molecule has 3 rings (SSSR count). The zero-order valence-corrected chi connectivity index (χ0v) is 9.33. The highest BCUT2D eigenvalue weighted by Crippen LogP contribution is 2.62. The Kier molecular flexibility index (Phi) is 2.58. The molecule has 0 aliphatic heterocycles. The fourth-order valence-electron chi connectivity index (χ4n) is 2.87. The summed E-state index contributed by atoms with van der Waals surface area (Å²) in [6.07, 6.45) is 3.85. The van der Waals surface area contributed by atoms with Crippen LogP contribution in [0.4, 0.5) is 0 Å². The van der Waals surface area contributed by atoms with Gasteiger partial charge in [-0.05, 0) is 24.7 Å². The Morgan fingerprint density at radius 1 is 1.41 bits per heavy atom. The number of fused-ring (bicyclic) bond motifs is 1. The van der Waals surface area contributed by atoms with Crippen LogP contribution in [-0.4, -0.2) is 27.9 Å². The third-order valence-corrected chi connectivity index (χ3v) is 3.63. The first-order valence-corrected chi connectivity index (χ1v) is 5.87. The van der Waals surface area contributed by atoms with E-state index < -0.39 is 5.97 Å². The standard InChI is InChI=1S/C11H14N2O4/c14-9(15)5-16-4-8-12-13-11(17-8)10-6-2-1-3-7(6)10/h6-7,10H,1-5H2,(H,14,15). The van der Waals surface area contributed by atoms with Gasteiger partial charge in [-0.1, -0.05) is 6.42 Å². The Balaban J connectivity index is 1.54. The van der Waals surface area contributed by atoms with Crippen LogP contribution in [0.5, 0.6) is 0 Å². The molecular formula is C11H14N2O4. The Bertz CT molecular complexity index is 421. The van der Waals surface area contributed by atoms with Crippen molar-refractivity contribution in [1.29, 1.82) is 0 Å². The first kappa shape index (κ1) is 10.7. The summed E-state index contributed by atoms with van der Waals surface area (Å²) in [4.78, 5) is 10.3. The zero-order chi connectivity index (χ0) is 11.8. The van der Waals surface area contributed by atoms with Crippen molar-refractivity contribution in [2.45, 2.75) is 31.8 Å². The van der Waals surface area contributed by atoms with E-state index in [4.69, 9.17) is 14.3 Å². The van der Waals surface area contributed by atoms with Crippen molar-refractivity contribution in [3.8, 4) is 0 Å². The maximum Gasteiger partial charge on any atom is 0.329 e. The molecule has 0 spiro atoms. The maximum atomic E-state index is 10.3. The number of hydrogen-bond donors (Lipinski definition) is 1. The molecule has 17 heavy (non-hydrogen) atoms. The number of aromatic nitrogens is 2. The van der Waals surface area contributed by atoms with Gasteiger partial charge in [0.15, 0.2) is 0 Å². The van der Waals surface area contributed by atoms with Crippen LogP contribution >= 0.6 is 0 Å². The van der Waals surface area contributed by atoms with Crippen molar-refractivity contribution in [1.82, 2.24) is 10.2 Å². The van der Waals surface area contributed by atoms with Gasteiger partial charge in [-0.15, -0.1) is 10.2 Å². The molecule has 92 valence electrons. The summed E-state index contributed by atoms with van der Waals surface area (Å²) < 4.78 is 10.4. The topological polar surface area (TPSA) is 85.5 Å². The number of rotatable bonds is 5. The van der Waals surface area contributed by atoms with Gasteiger partial charge in [-0.3, -0.25) is 0 Å². The Labute approximate surface area is 98.0 Å². The first-order chi connectivity index (χ1) is 8.25. The van der Waals surface area contributed by atoms with Crippen LogP contribution in [0.3, 0.4) is 0 Å². The van der Waals surface area contributed by atoms with Gasteiger partial charge in [0.25, 0.3) is 0 Å². The summed E-state index contributed by atoms with van der Waals surface area (Å²) in [6, 6.07) is 0. The maximum absolute atomic E-state index is 10.3. The second-order valence-corrected chi connectivity index (χ2v) is 4.70. The van der Waals surface area contributed by atoms with Gasteiger partial charge in [0, 0.05) is 5.92 Å². The van der Waals surface area contributed by atoms with E-state index in [1.165, 1.54) is 19.3 Å². The van der Waals surface area contributed by atoms with E-state index in [0.717, 1.165) is 11.8 Å². The highest BCUT2D eigenvalue weighted by molar-refractivity contribution is 5.67. The van der Waals surface area contributed by atoms with Crippen molar-refractivity contribution >= 4 is 5.97 Å². The van der Waals surface area contributed by atoms with Crippen molar-refractivity contribution in [3.63, 3.8) is 0 Å². The second-order valence-electron chi connectivity index (χ2n) is 4.70. The largest absolute Gasteiger partial charge is 0.480 e. The minimum atomic E-state index is -0.999. The van der Waals surface area contributed by atoms with Crippen LogP contribution in [0.15, 0.2) is 4.42 Å². The molecule has 0 saturated heterocycles. The summed E-state index contributed by atoms with van der Waals surface area (Å²) in [5, 5.41) is 16.3. The quantitative estimate of drug-likeness (QED) is 0.829. The van der Waals surface area contributed by atoms with E-state index in [2.05, 4.69) is 10.2 Å². The molecular weight excluding hydrogens is 224 g/mol. The fourth-order valence-corrected chi connectivity index (χ4v) is 2.87. The number of ether oxygens (including phenoxy) is 1. The van der Waals surface area contributed by atoms with Crippen LogP contribution in [0.2, 0.25) is 0 Å². The summed E-state index contributed by atoms with van der Waals surface area (Å²) in [5.41, 5.74) is 0. The van der Waals surface area contributed by atoms with Gasteiger partial charge in [-0.2, -0.15) is 0 Å². The zero-order valence-electron chi connectivity index (χ0n) is 9.33. The molecule has 0 amide bonds. The van der Waals surface area contributed by atoms with Crippen LogP contribution in [0.25, 0.3) is 0 Å². The lowest BCUT2D eigenvalue weighted by Gasteiger charge is -1.97. The summed E-state index contributed by atoms with van der Waals surface area (Å²) in [6.45, 7) is -0.270. The van der Waals surface area contributed by atoms with Gasteiger partial charge in [0.2, 0.25) is 11.8 Å². The molecule has 1 N–H and O–H groups in total.